The van der Waals surface area contributed by atoms with E-state index in [9.17, 15) is 4.79 Å². The molecule has 5 rings (SSSR count). The van der Waals surface area contributed by atoms with E-state index < -0.39 is 0 Å². The van der Waals surface area contributed by atoms with Crippen LogP contribution in [0.2, 0.25) is 0 Å². The maximum atomic E-state index is 13.5. The van der Waals surface area contributed by atoms with E-state index >= 15 is 0 Å². The number of fused-ring (bicyclic) bond motifs is 1. The minimum Gasteiger partial charge on any atom is -0.422 e. The number of anilines is 1. The van der Waals surface area contributed by atoms with Crippen LogP contribution in [-0.4, -0.2) is 50.0 Å². The van der Waals surface area contributed by atoms with Crippen LogP contribution in [0.15, 0.2) is 51.5 Å². The lowest BCUT2D eigenvalue weighted by atomic mass is 9.99. The molecule has 9 heteroatoms. The van der Waals surface area contributed by atoms with Crippen LogP contribution in [-0.2, 0) is 0 Å². The monoisotopic (exact) mass is 418 g/mol. The Balaban J connectivity index is 1.36. The van der Waals surface area contributed by atoms with E-state index in [0.717, 1.165) is 19.3 Å². The zero-order chi connectivity index (χ0) is 21.2. The molecule has 0 unspecified atom stereocenters. The highest BCUT2D eigenvalue weighted by atomic mass is 16.5. The molecule has 0 bridgehead atoms. The summed E-state index contributed by atoms with van der Waals surface area (Å²) in [6.07, 6.45) is 4.62. The number of pyridine rings is 1. The fourth-order valence-corrected chi connectivity index (χ4v) is 3.95. The van der Waals surface area contributed by atoms with Crippen molar-refractivity contribution in [3.63, 3.8) is 0 Å². The molecule has 0 spiro atoms. The molecule has 0 radical (unpaired) electrons. The van der Waals surface area contributed by atoms with Crippen LogP contribution in [0.3, 0.4) is 0 Å². The number of benzene rings is 1. The van der Waals surface area contributed by atoms with Gasteiger partial charge in [-0.15, -0.1) is 0 Å². The van der Waals surface area contributed by atoms with Gasteiger partial charge in [-0.05, 0) is 50.5 Å². The molecule has 1 saturated heterocycles. The second kappa shape index (κ2) is 8.17. The molecule has 0 saturated carbocycles. The average molecular weight is 418 g/mol. The molecular formula is C22H22N6O3. The van der Waals surface area contributed by atoms with Crippen LogP contribution in [0.25, 0.3) is 22.7 Å². The predicted octanol–water partition coefficient (Wildman–Crippen LogP) is 3.69. The van der Waals surface area contributed by atoms with Crippen molar-refractivity contribution in [3.8, 4) is 11.5 Å². The number of oxazole rings is 1. The van der Waals surface area contributed by atoms with Gasteiger partial charge in [0, 0.05) is 25.3 Å². The molecule has 1 aromatic carbocycles. The molecule has 1 aliphatic rings. The minimum absolute atomic E-state index is 0.0155. The zero-order valence-electron chi connectivity index (χ0n) is 17.1. The Morgan fingerprint density at radius 3 is 2.94 bits per heavy atom. The van der Waals surface area contributed by atoms with Crippen LogP contribution >= 0.6 is 0 Å². The molecule has 31 heavy (non-hydrogen) atoms. The number of likely N-dealkylation sites (tertiary alicyclic amines) is 1. The third-order valence-corrected chi connectivity index (χ3v) is 5.46. The Morgan fingerprint density at radius 1 is 1.19 bits per heavy atom. The maximum Gasteiger partial charge on any atom is 0.297 e. The molecule has 4 aromatic rings. The molecule has 1 fully saturated rings. The highest BCUT2D eigenvalue weighted by Gasteiger charge is 2.30. The van der Waals surface area contributed by atoms with Gasteiger partial charge >= 0.3 is 0 Å². The van der Waals surface area contributed by atoms with Crippen molar-refractivity contribution < 1.29 is 13.7 Å². The van der Waals surface area contributed by atoms with Crippen LogP contribution in [0.5, 0.6) is 0 Å². The summed E-state index contributed by atoms with van der Waals surface area (Å²) in [5.74, 6) is 0.842. The Morgan fingerprint density at radius 2 is 2.10 bits per heavy atom. The van der Waals surface area contributed by atoms with E-state index in [2.05, 4.69) is 25.4 Å². The number of nitrogens with one attached hydrogen (secondary N) is 1. The second-order valence-corrected chi connectivity index (χ2v) is 7.57. The van der Waals surface area contributed by atoms with Gasteiger partial charge in [0.15, 0.2) is 11.4 Å². The van der Waals surface area contributed by atoms with Crippen molar-refractivity contribution in [2.24, 2.45) is 0 Å². The number of hydrogen-bond donors (Lipinski definition) is 1. The van der Waals surface area contributed by atoms with Crippen LogP contribution < -0.4 is 5.32 Å². The molecule has 4 heterocycles. The number of nitrogens with zero attached hydrogens (tertiary/aromatic N) is 5. The van der Waals surface area contributed by atoms with Crippen molar-refractivity contribution in [1.82, 2.24) is 25.0 Å². The third-order valence-electron chi connectivity index (χ3n) is 5.46. The summed E-state index contributed by atoms with van der Waals surface area (Å²) >= 11 is 0. The van der Waals surface area contributed by atoms with Gasteiger partial charge in [-0.25, -0.2) is 4.98 Å². The Kier molecular flexibility index (Phi) is 5.07. The summed E-state index contributed by atoms with van der Waals surface area (Å²) in [4.78, 5) is 28.3. The molecule has 1 aliphatic heterocycles. The summed E-state index contributed by atoms with van der Waals surface area (Å²) < 4.78 is 11.0. The number of rotatable bonds is 5. The topological polar surface area (TPSA) is 110 Å². The normalized spacial score (nSPS) is 16.5. The largest absolute Gasteiger partial charge is 0.422 e. The first-order valence-electron chi connectivity index (χ1n) is 10.3. The number of carbonyl (C=O) groups is 1. The first-order valence-corrected chi connectivity index (χ1v) is 10.3. The Bertz CT molecular complexity index is 1180. The third kappa shape index (κ3) is 3.86. The molecule has 1 amide bonds. The van der Waals surface area contributed by atoms with Gasteiger partial charge < -0.3 is 19.2 Å². The van der Waals surface area contributed by atoms with Crippen molar-refractivity contribution in [2.75, 3.05) is 18.4 Å². The number of piperidine rings is 1. The van der Waals surface area contributed by atoms with E-state index in [1.165, 1.54) is 0 Å². The van der Waals surface area contributed by atoms with Crippen LogP contribution in [0, 0.1) is 6.92 Å². The molecule has 1 atom stereocenters. The Labute approximate surface area is 178 Å². The standard InChI is InChI=1S/C22H22N6O3/c1-14-25-20(31-27-14)16-8-2-3-9-17(16)21(29)28-12-5-4-7-15(28)13-24-22-26-19-18(30-22)10-6-11-23-19/h2-3,6,8-11,15H,4-5,7,12-13H2,1H3,(H,23,24,26)/t15-/m1/s1. The van der Waals surface area contributed by atoms with Gasteiger partial charge in [0.05, 0.1) is 11.1 Å². The predicted molar refractivity (Wildman–Crippen MR) is 113 cm³/mol. The van der Waals surface area contributed by atoms with Gasteiger partial charge in [-0.1, -0.05) is 17.3 Å². The summed E-state index contributed by atoms with van der Waals surface area (Å²) in [5.41, 5.74) is 2.40. The quantitative estimate of drug-likeness (QED) is 0.522. The van der Waals surface area contributed by atoms with E-state index in [1.54, 1.807) is 19.2 Å². The van der Waals surface area contributed by atoms with E-state index in [1.807, 2.05) is 35.2 Å². The number of carbonyl (C=O) groups excluding carboxylic acids is 1. The van der Waals surface area contributed by atoms with Gasteiger partial charge in [0.2, 0.25) is 5.65 Å². The lowest BCUT2D eigenvalue weighted by Gasteiger charge is -2.36. The number of aryl methyl sites for hydroxylation is 1. The molecular weight excluding hydrogens is 396 g/mol. The summed E-state index contributed by atoms with van der Waals surface area (Å²) in [5, 5.41) is 7.10. The fourth-order valence-electron chi connectivity index (χ4n) is 3.95. The van der Waals surface area contributed by atoms with Crippen molar-refractivity contribution >= 4 is 23.2 Å². The first-order chi connectivity index (χ1) is 15.2. The van der Waals surface area contributed by atoms with Crippen molar-refractivity contribution in [1.29, 1.82) is 0 Å². The molecule has 3 aromatic heterocycles. The molecule has 9 nitrogen and oxygen atoms in total. The van der Waals surface area contributed by atoms with Crippen molar-refractivity contribution in [3.05, 3.63) is 54.0 Å². The zero-order valence-corrected chi connectivity index (χ0v) is 17.1. The summed E-state index contributed by atoms with van der Waals surface area (Å²) in [6.45, 7) is 2.99. The highest BCUT2D eigenvalue weighted by molar-refractivity contribution is 6.00. The van der Waals surface area contributed by atoms with E-state index in [0.29, 0.717) is 53.2 Å². The smallest absolute Gasteiger partial charge is 0.297 e. The van der Waals surface area contributed by atoms with Gasteiger partial charge in [-0.2, -0.15) is 9.97 Å². The highest BCUT2D eigenvalue weighted by Crippen LogP contribution is 2.27. The number of aromatic nitrogens is 4. The number of amides is 1. The maximum absolute atomic E-state index is 13.5. The molecule has 0 aliphatic carbocycles. The lowest BCUT2D eigenvalue weighted by Crippen LogP contribution is -2.47. The molecule has 158 valence electrons. The lowest BCUT2D eigenvalue weighted by molar-refractivity contribution is 0.0628. The van der Waals surface area contributed by atoms with Gasteiger partial charge in [0.25, 0.3) is 17.8 Å². The second-order valence-electron chi connectivity index (χ2n) is 7.57. The van der Waals surface area contributed by atoms with E-state index in [-0.39, 0.29) is 11.9 Å². The van der Waals surface area contributed by atoms with Crippen LogP contribution in [0.1, 0.15) is 35.4 Å². The van der Waals surface area contributed by atoms with Crippen molar-refractivity contribution in [2.45, 2.75) is 32.2 Å². The van der Waals surface area contributed by atoms with Gasteiger partial charge in [0.1, 0.15) is 0 Å². The number of hydrogen-bond acceptors (Lipinski definition) is 8. The Hall–Kier alpha value is -3.75. The molecule has 1 N–H and O–H groups in total. The average Bonchev–Trinajstić information content (AvgIpc) is 3.43. The van der Waals surface area contributed by atoms with Gasteiger partial charge in [-0.3, -0.25) is 4.79 Å². The first kappa shape index (κ1) is 19.2. The SMILES string of the molecule is Cc1noc(-c2ccccc2C(=O)N2CCCC[C@@H]2CNc2nc3ncccc3o2)n1. The summed E-state index contributed by atoms with van der Waals surface area (Å²) in [6, 6.07) is 11.4. The minimum atomic E-state index is -0.0443. The fraction of sp³-hybridized carbons (Fsp3) is 0.318. The van der Waals surface area contributed by atoms with Crippen LogP contribution in [0.4, 0.5) is 6.01 Å². The van der Waals surface area contributed by atoms with E-state index in [4.69, 9.17) is 8.94 Å². The summed E-state index contributed by atoms with van der Waals surface area (Å²) in [7, 11) is 0.